The van der Waals surface area contributed by atoms with Crippen LogP contribution in [0.1, 0.15) is 76.5 Å². The largest absolute Gasteiger partial charge is 0.481 e. The molecule has 278 valence electrons. The fraction of sp³-hybridized carbons (Fsp3) is 0.357. The number of hydrogen-bond donors (Lipinski definition) is 3. The average Bonchev–Trinajstić information content (AvgIpc) is 4.04. The topological polar surface area (TPSA) is 147 Å². The molecule has 0 radical (unpaired) electrons. The molecule has 3 aromatic carbocycles. The van der Waals surface area contributed by atoms with E-state index in [9.17, 15) is 23.5 Å². The number of fused-ring (bicyclic) bond motifs is 3. The van der Waals surface area contributed by atoms with Gasteiger partial charge in [0.25, 0.3) is 5.91 Å². The molecule has 0 unspecified atom stereocenters. The summed E-state index contributed by atoms with van der Waals surface area (Å²) in [5.41, 5.74) is 16.0. The highest BCUT2D eigenvalue weighted by Gasteiger charge is 2.50. The second kappa shape index (κ2) is 14.1. The number of aromatic nitrogens is 3. The number of piperidine rings is 1. The van der Waals surface area contributed by atoms with Crippen LogP contribution in [0.4, 0.5) is 14.5 Å². The number of carboxylic acids is 1. The number of aliphatic carboxylic acids is 1. The Kier molecular flexibility index (Phi) is 9.25. The number of likely N-dealkylation sites (tertiary alicyclic amines) is 1. The van der Waals surface area contributed by atoms with Crippen molar-refractivity contribution >= 4 is 17.6 Å². The summed E-state index contributed by atoms with van der Waals surface area (Å²) < 4.78 is 32.0. The molecule has 3 aliphatic carbocycles. The third kappa shape index (κ3) is 6.98. The minimum atomic E-state index is -0.954. The van der Waals surface area contributed by atoms with Gasteiger partial charge in [-0.05, 0) is 97.9 Å². The normalized spacial score (nSPS) is 19.6. The van der Waals surface area contributed by atoms with Gasteiger partial charge in [0.15, 0.2) is 11.5 Å². The van der Waals surface area contributed by atoms with E-state index in [1.807, 2.05) is 19.9 Å². The Morgan fingerprint density at radius 2 is 1.70 bits per heavy atom. The molecule has 5 aromatic rings. The van der Waals surface area contributed by atoms with Gasteiger partial charge < -0.3 is 25.6 Å². The minimum absolute atomic E-state index is 0.0123. The van der Waals surface area contributed by atoms with E-state index < -0.39 is 35.5 Å². The second-order valence-corrected chi connectivity index (χ2v) is 15.2. The summed E-state index contributed by atoms with van der Waals surface area (Å²) in [6.07, 6.45) is 5.98. The summed E-state index contributed by atoms with van der Waals surface area (Å²) in [4.78, 5) is 35.9. The van der Waals surface area contributed by atoms with Gasteiger partial charge in [0.2, 0.25) is 0 Å². The second-order valence-electron chi connectivity index (χ2n) is 15.2. The lowest BCUT2D eigenvalue weighted by Crippen LogP contribution is -2.53. The number of carbonyl (C=O) groups excluding carboxylic acids is 1. The molecule has 1 saturated heterocycles. The Morgan fingerprint density at radius 1 is 0.963 bits per heavy atom. The number of benzene rings is 3. The van der Waals surface area contributed by atoms with E-state index in [4.69, 9.17) is 20.2 Å². The van der Waals surface area contributed by atoms with E-state index in [2.05, 4.69) is 51.8 Å². The van der Waals surface area contributed by atoms with Crippen LogP contribution in [0.2, 0.25) is 0 Å². The van der Waals surface area contributed by atoms with Crippen LogP contribution in [0.5, 0.6) is 0 Å². The summed E-state index contributed by atoms with van der Waals surface area (Å²) in [5, 5.41) is 16.0. The predicted molar refractivity (Wildman–Crippen MR) is 199 cm³/mol. The summed E-state index contributed by atoms with van der Waals surface area (Å²) in [6.45, 7) is 6.09. The SMILES string of the molecule is Cc1cc(C)nc(C2(c3ccc4c(c3N)Cc3ccccc3-4)CC2)n1.O=C(N[C@H]1CCN(CC2CC2)C[C@@H]1C(=O)O)c1cc(-c2ccc(F)cc2F)on1. The minimum Gasteiger partial charge on any atom is -0.481 e. The lowest BCUT2D eigenvalue weighted by molar-refractivity contribution is -0.144. The van der Waals surface area contributed by atoms with Gasteiger partial charge in [-0.1, -0.05) is 41.6 Å². The van der Waals surface area contributed by atoms with Crippen molar-refractivity contribution in [3.05, 3.63) is 118 Å². The molecule has 4 N–H and O–H groups in total. The molecule has 54 heavy (non-hydrogen) atoms. The summed E-state index contributed by atoms with van der Waals surface area (Å²) >= 11 is 0. The molecule has 0 bridgehead atoms. The van der Waals surface area contributed by atoms with Gasteiger partial charge in [0.05, 0.1) is 16.9 Å². The molecule has 1 amide bonds. The van der Waals surface area contributed by atoms with Gasteiger partial charge in [-0.3, -0.25) is 9.59 Å². The number of nitrogens with one attached hydrogen (secondary N) is 1. The van der Waals surface area contributed by atoms with E-state index in [-0.39, 0.29) is 22.4 Å². The zero-order valence-electron chi connectivity index (χ0n) is 30.2. The number of nitrogens with zero attached hydrogens (tertiary/aromatic N) is 4. The first kappa shape index (κ1) is 35.5. The van der Waals surface area contributed by atoms with Gasteiger partial charge in [-0.25, -0.2) is 18.7 Å². The number of nitrogens with two attached hydrogens (primary N) is 1. The molecule has 3 fully saturated rings. The van der Waals surface area contributed by atoms with E-state index in [1.54, 1.807) is 0 Å². The monoisotopic (exact) mass is 732 g/mol. The Balaban J connectivity index is 0.000000155. The van der Waals surface area contributed by atoms with Crippen molar-refractivity contribution in [1.29, 1.82) is 0 Å². The Hall–Kier alpha value is -5.49. The van der Waals surface area contributed by atoms with Crippen molar-refractivity contribution in [3.8, 4) is 22.5 Å². The molecule has 12 heteroatoms. The Labute approximate surface area is 311 Å². The van der Waals surface area contributed by atoms with Gasteiger partial charge in [0, 0.05) is 61.3 Å². The van der Waals surface area contributed by atoms with Gasteiger partial charge in [0.1, 0.15) is 17.5 Å². The van der Waals surface area contributed by atoms with Crippen LogP contribution in [0.15, 0.2) is 71.3 Å². The van der Waals surface area contributed by atoms with Crippen LogP contribution in [0.25, 0.3) is 22.5 Å². The van der Waals surface area contributed by atoms with Crippen LogP contribution in [0, 0.1) is 37.3 Å². The number of nitrogen functional groups attached to an aromatic ring is 1. The van der Waals surface area contributed by atoms with Gasteiger partial charge in [-0.2, -0.15) is 0 Å². The molecule has 9 rings (SSSR count). The standard InChI is InChI=1S/C22H21N3.C20H21F2N3O4/c1-13-11-14(2)25-21(24-13)22(9-10-22)19-8-7-17-16-6-4-3-5-15(16)12-18(17)20(19)23;21-12-3-4-13(15(22)7-12)18-8-17(24-29-18)19(26)23-16-5-6-25(9-11-1-2-11)10-14(16)20(27)28/h3-8,11H,9-10,12,23H2,1-2H3;3-4,7-8,11,14,16H,1-2,5-6,9-10H2,(H,23,26)(H,27,28)/t;14-,16-/m.0/s1. The summed E-state index contributed by atoms with van der Waals surface area (Å²) in [5.74, 6) is -2.23. The fourth-order valence-electron chi connectivity index (χ4n) is 8.05. The number of carboxylic acid groups (broad SMARTS) is 1. The number of halogens is 2. The van der Waals surface area contributed by atoms with Gasteiger partial charge in [-0.15, -0.1) is 0 Å². The third-order valence-corrected chi connectivity index (χ3v) is 11.2. The maximum Gasteiger partial charge on any atom is 0.309 e. The molecule has 10 nitrogen and oxygen atoms in total. The van der Waals surface area contributed by atoms with E-state index in [0.29, 0.717) is 24.9 Å². The molecule has 2 atom stereocenters. The average molecular weight is 733 g/mol. The van der Waals surface area contributed by atoms with E-state index >= 15 is 0 Å². The predicted octanol–water partition coefficient (Wildman–Crippen LogP) is 6.86. The van der Waals surface area contributed by atoms with Crippen molar-refractivity contribution in [1.82, 2.24) is 25.3 Å². The Morgan fingerprint density at radius 3 is 2.41 bits per heavy atom. The zero-order chi connectivity index (χ0) is 37.7. The van der Waals surface area contributed by atoms with Crippen molar-refractivity contribution in [2.75, 3.05) is 25.4 Å². The van der Waals surface area contributed by atoms with Gasteiger partial charge >= 0.3 is 5.97 Å². The molecule has 0 spiro atoms. The fourth-order valence-corrected chi connectivity index (χ4v) is 8.05. The van der Waals surface area contributed by atoms with Crippen molar-refractivity contribution in [3.63, 3.8) is 0 Å². The zero-order valence-corrected chi connectivity index (χ0v) is 30.2. The van der Waals surface area contributed by atoms with E-state index in [1.165, 1.54) is 52.8 Å². The Bertz CT molecular complexity index is 2250. The number of anilines is 1. The summed E-state index contributed by atoms with van der Waals surface area (Å²) in [7, 11) is 0. The molecular weight excluding hydrogens is 690 g/mol. The molecule has 1 aliphatic heterocycles. The third-order valence-electron chi connectivity index (χ3n) is 11.2. The number of aryl methyl sites for hydroxylation is 2. The maximum absolute atomic E-state index is 13.9. The maximum atomic E-state index is 13.9. The lowest BCUT2D eigenvalue weighted by atomic mass is 9.89. The number of amides is 1. The van der Waals surface area contributed by atoms with Crippen LogP contribution >= 0.6 is 0 Å². The molecule has 2 saturated carbocycles. The van der Waals surface area contributed by atoms with E-state index in [0.717, 1.165) is 61.3 Å². The highest BCUT2D eigenvalue weighted by atomic mass is 19.1. The molecule has 4 aliphatic rings. The molecule has 2 aromatic heterocycles. The van der Waals surface area contributed by atoms with Crippen LogP contribution in [-0.4, -0.2) is 62.7 Å². The first-order valence-electron chi connectivity index (χ1n) is 18.5. The van der Waals surface area contributed by atoms with Crippen molar-refractivity contribution < 1.29 is 28.0 Å². The van der Waals surface area contributed by atoms with Crippen LogP contribution < -0.4 is 11.1 Å². The number of carbonyl (C=O) groups is 2. The van der Waals surface area contributed by atoms with Crippen molar-refractivity contribution in [2.45, 2.75) is 63.8 Å². The summed E-state index contributed by atoms with van der Waals surface area (Å²) in [6, 6.07) is 18.8. The number of hydrogen-bond acceptors (Lipinski definition) is 8. The quantitative estimate of drug-likeness (QED) is 0.143. The highest BCUT2D eigenvalue weighted by Crippen LogP contribution is 2.56. The first-order valence-corrected chi connectivity index (χ1v) is 18.5. The van der Waals surface area contributed by atoms with Crippen LogP contribution in [0.3, 0.4) is 0 Å². The van der Waals surface area contributed by atoms with Crippen molar-refractivity contribution in [2.24, 2.45) is 11.8 Å². The first-order chi connectivity index (χ1) is 26.0. The van der Waals surface area contributed by atoms with Crippen LogP contribution in [-0.2, 0) is 16.6 Å². The smallest absolute Gasteiger partial charge is 0.309 e. The molecule has 3 heterocycles. The highest BCUT2D eigenvalue weighted by molar-refractivity contribution is 5.93. The lowest BCUT2D eigenvalue weighted by Gasteiger charge is -2.36. The number of rotatable bonds is 8. The molecular formula is C42H42F2N6O4.